The maximum atomic E-state index is 12.7. The topological polar surface area (TPSA) is 112 Å². The summed E-state index contributed by atoms with van der Waals surface area (Å²) >= 11 is 1.38. The third kappa shape index (κ3) is 3.46. The van der Waals surface area contributed by atoms with E-state index in [2.05, 4.69) is 12.2 Å². The van der Waals surface area contributed by atoms with Crippen LogP contribution in [0.25, 0.3) is 0 Å². The first-order valence-electron chi connectivity index (χ1n) is 8.49. The van der Waals surface area contributed by atoms with Crippen molar-refractivity contribution in [2.75, 3.05) is 5.32 Å². The van der Waals surface area contributed by atoms with Crippen molar-refractivity contribution in [2.45, 2.75) is 39.0 Å². The van der Waals surface area contributed by atoms with Crippen molar-refractivity contribution >= 4 is 34.1 Å². The van der Waals surface area contributed by atoms with E-state index in [1.165, 1.54) is 11.3 Å². The number of hydrogen-bond acceptors (Lipinski definition) is 5. The molecular weight excluding hydrogens is 340 g/mol. The second-order valence-corrected chi connectivity index (χ2v) is 7.99. The number of aliphatic carboxylic acids is 1. The average Bonchev–Trinajstić information content (AvgIpc) is 2.91. The first kappa shape index (κ1) is 17.7. The molecular formula is C18H21N2O4S-. The number of amides is 2. The number of carboxylic acids is 1. The molecule has 0 unspecified atom stereocenters. The Balaban J connectivity index is 1.87. The summed E-state index contributed by atoms with van der Waals surface area (Å²) in [5, 5.41) is 14.5. The fourth-order valence-corrected chi connectivity index (χ4v) is 5.09. The summed E-state index contributed by atoms with van der Waals surface area (Å²) in [6.07, 6.45) is 6.81. The van der Waals surface area contributed by atoms with Crippen LogP contribution in [0.4, 0.5) is 5.00 Å². The average molecular weight is 361 g/mol. The summed E-state index contributed by atoms with van der Waals surface area (Å²) in [6, 6.07) is 0. The Labute approximate surface area is 150 Å². The highest BCUT2D eigenvalue weighted by molar-refractivity contribution is 7.17. The van der Waals surface area contributed by atoms with Crippen LogP contribution in [-0.4, -0.2) is 17.8 Å². The van der Waals surface area contributed by atoms with Gasteiger partial charge in [-0.2, -0.15) is 0 Å². The lowest BCUT2D eigenvalue weighted by Crippen LogP contribution is -2.41. The Hall–Kier alpha value is -2.15. The van der Waals surface area contributed by atoms with Crippen molar-refractivity contribution in [1.82, 2.24) is 0 Å². The van der Waals surface area contributed by atoms with E-state index >= 15 is 0 Å². The fourth-order valence-electron chi connectivity index (χ4n) is 3.67. The van der Waals surface area contributed by atoms with E-state index in [9.17, 15) is 19.5 Å². The number of nitrogens with two attached hydrogens (primary N) is 1. The molecule has 3 rings (SSSR count). The molecule has 1 aromatic heterocycles. The van der Waals surface area contributed by atoms with Gasteiger partial charge in [0.2, 0.25) is 5.91 Å². The Morgan fingerprint density at radius 2 is 1.92 bits per heavy atom. The zero-order valence-corrected chi connectivity index (χ0v) is 14.9. The molecule has 1 aromatic rings. The molecule has 0 saturated carbocycles. The number of allylic oxidation sites excluding steroid dienone is 2. The summed E-state index contributed by atoms with van der Waals surface area (Å²) in [5.74, 6) is -3.19. The van der Waals surface area contributed by atoms with Gasteiger partial charge < -0.3 is 21.0 Å². The van der Waals surface area contributed by atoms with E-state index in [-0.39, 0.29) is 6.42 Å². The van der Waals surface area contributed by atoms with E-state index < -0.39 is 29.6 Å². The maximum absolute atomic E-state index is 12.7. The number of anilines is 1. The highest BCUT2D eigenvalue weighted by atomic mass is 32.1. The smallest absolute Gasteiger partial charge is 0.251 e. The molecule has 0 aliphatic heterocycles. The van der Waals surface area contributed by atoms with Crippen molar-refractivity contribution in [1.29, 1.82) is 0 Å². The Morgan fingerprint density at radius 1 is 1.24 bits per heavy atom. The van der Waals surface area contributed by atoms with Crippen molar-refractivity contribution in [3.8, 4) is 0 Å². The SMILES string of the molecule is C[C@H]1CCc2c(sc(NC(=O)[C@H]3CC=CC[C@@H]3C(=O)[O-])c2C(N)=O)C1. The highest BCUT2D eigenvalue weighted by Crippen LogP contribution is 2.40. The van der Waals surface area contributed by atoms with E-state index in [4.69, 9.17) is 5.73 Å². The van der Waals surface area contributed by atoms with Gasteiger partial charge in [0.15, 0.2) is 0 Å². The molecule has 0 bridgehead atoms. The predicted molar refractivity (Wildman–Crippen MR) is 93.0 cm³/mol. The van der Waals surface area contributed by atoms with Crippen LogP contribution in [-0.2, 0) is 22.4 Å². The van der Waals surface area contributed by atoms with Crippen LogP contribution in [0.1, 0.15) is 47.0 Å². The third-order valence-corrected chi connectivity index (χ3v) is 6.24. The van der Waals surface area contributed by atoms with Gasteiger partial charge in [-0.15, -0.1) is 11.3 Å². The van der Waals surface area contributed by atoms with Gasteiger partial charge in [-0.3, -0.25) is 9.59 Å². The molecule has 0 fully saturated rings. The maximum Gasteiger partial charge on any atom is 0.251 e. The van der Waals surface area contributed by atoms with Crippen LogP contribution in [0.5, 0.6) is 0 Å². The summed E-state index contributed by atoms with van der Waals surface area (Å²) < 4.78 is 0. The van der Waals surface area contributed by atoms with Gasteiger partial charge in [0.1, 0.15) is 5.00 Å². The quantitative estimate of drug-likeness (QED) is 0.786. The lowest BCUT2D eigenvalue weighted by Gasteiger charge is -2.28. The Kier molecular flexibility index (Phi) is 4.94. The van der Waals surface area contributed by atoms with Gasteiger partial charge in [-0.05, 0) is 43.6 Å². The molecule has 2 aliphatic carbocycles. The molecule has 2 amide bonds. The molecule has 3 N–H and O–H groups in total. The zero-order valence-electron chi connectivity index (χ0n) is 14.0. The van der Waals surface area contributed by atoms with E-state index in [0.29, 0.717) is 22.9 Å². The van der Waals surface area contributed by atoms with Crippen LogP contribution in [0.2, 0.25) is 0 Å². The van der Waals surface area contributed by atoms with Crippen LogP contribution in [0.3, 0.4) is 0 Å². The van der Waals surface area contributed by atoms with Crippen LogP contribution >= 0.6 is 11.3 Å². The molecule has 1 heterocycles. The number of carboxylic acid groups (broad SMARTS) is 1. The van der Waals surface area contributed by atoms with Gasteiger partial charge in [-0.1, -0.05) is 19.1 Å². The van der Waals surface area contributed by atoms with Crippen molar-refractivity contribution in [3.05, 3.63) is 28.2 Å². The zero-order chi connectivity index (χ0) is 18.1. The Bertz CT molecular complexity index is 753. The van der Waals surface area contributed by atoms with Crippen molar-refractivity contribution in [3.63, 3.8) is 0 Å². The van der Waals surface area contributed by atoms with Crippen molar-refractivity contribution in [2.24, 2.45) is 23.5 Å². The highest BCUT2D eigenvalue weighted by Gasteiger charge is 2.32. The van der Waals surface area contributed by atoms with Crippen LogP contribution in [0, 0.1) is 17.8 Å². The number of carbonyl (C=O) groups is 3. The molecule has 0 saturated heterocycles. The molecule has 7 heteroatoms. The van der Waals surface area contributed by atoms with Gasteiger partial charge in [0, 0.05) is 16.8 Å². The summed E-state index contributed by atoms with van der Waals surface area (Å²) in [7, 11) is 0. The number of carbonyl (C=O) groups excluding carboxylic acids is 3. The van der Waals surface area contributed by atoms with Gasteiger partial charge in [0.05, 0.1) is 11.5 Å². The molecule has 2 aliphatic rings. The molecule has 0 spiro atoms. The van der Waals surface area contributed by atoms with Crippen LogP contribution in [0.15, 0.2) is 12.2 Å². The van der Waals surface area contributed by atoms with Gasteiger partial charge >= 0.3 is 0 Å². The Morgan fingerprint density at radius 3 is 2.56 bits per heavy atom. The minimum atomic E-state index is -1.22. The largest absolute Gasteiger partial charge is 0.550 e. The second-order valence-electron chi connectivity index (χ2n) is 6.88. The predicted octanol–water partition coefficient (Wildman–Crippen LogP) is 1.24. The summed E-state index contributed by atoms with van der Waals surface area (Å²) in [5.41, 5.74) is 6.87. The lowest BCUT2D eigenvalue weighted by atomic mass is 9.82. The second kappa shape index (κ2) is 7.00. The van der Waals surface area contributed by atoms with Gasteiger partial charge in [-0.25, -0.2) is 0 Å². The summed E-state index contributed by atoms with van der Waals surface area (Å²) in [6.45, 7) is 2.16. The molecule has 25 heavy (non-hydrogen) atoms. The number of rotatable bonds is 4. The van der Waals surface area contributed by atoms with E-state index in [1.54, 1.807) is 12.2 Å². The molecule has 3 atom stereocenters. The number of thiophene rings is 1. The van der Waals surface area contributed by atoms with Crippen LogP contribution < -0.4 is 16.2 Å². The molecule has 0 radical (unpaired) electrons. The standard InChI is InChI=1S/C18H22N2O4S/c1-9-6-7-12-13(8-9)25-17(14(12)15(19)21)20-16(22)10-4-2-3-5-11(10)18(23)24/h2-3,9-11H,4-8H2,1H3,(H2,19,21)(H,20,22)(H,23,24)/p-1/t9-,10-,11-/m0/s1. The van der Waals surface area contributed by atoms with Crippen molar-refractivity contribution < 1.29 is 19.5 Å². The number of fused-ring (bicyclic) bond motifs is 1. The monoisotopic (exact) mass is 361 g/mol. The number of hydrogen-bond donors (Lipinski definition) is 2. The first-order chi connectivity index (χ1) is 11.9. The molecule has 0 aromatic carbocycles. The number of nitrogens with one attached hydrogen (secondary N) is 1. The normalized spacial score (nSPS) is 25.2. The minimum absolute atomic E-state index is 0.279. The fraction of sp³-hybridized carbons (Fsp3) is 0.500. The lowest BCUT2D eigenvalue weighted by molar-refractivity contribution is -0.313. The van der Waals surface area contributed by atoms with E-state index in [1.807, 2.05) is 0 Å². The number of primary amides is 1. The molecule has 134 valence electrons. The third-order valence-electron chi connectivity index (χ3n) is 5.07. The first-order valence-corrected chi connectivity index (χ1v) is 9.31. The molecule has 6 nitrogen and oxygen atoms in total. The summed E-state index contributed by atoms with van der Waals surface area (Å²) in [4.78, 5) is 37.0. The minimum Gasteiger partial charge on any atom is -0.550 e. The van der Waals surface area contributed by atoms with E-state index in [0.717, 1.165) is 29.7 Å². The van der Waals surface area contributed by atoms with Gasteiger partial charge in [0.25, 0.3) is 5.91 Å².